The highest BCUT2D eigenvalue weighted by Crippen LogP contribution is 2.30. The number of allylic oxidation sites excluding steroid dienone is 2. The van der Waals surface area contributed by atoms with Crippen molar-refractivity contribution in [2.45, 2.75) is 27.2 Å². The molecule has 0 saturated carbocycles. The van der Waals surface area contributed by atoms with Gasteiger partial charge in [0.1, 0.15) is 0 Å². The number of nitrogens with zero attached hydrogens (tertiary/aromatic N) is 1. The molecule has 0 unspecified atom stereocenters. The molecule has 0 saturated heterocycles. The van der Waals surface area contributed by atoms with Gasteiger partial charge in [0.05, 0.1) is 0 Å². The Kier molecular flexibility index (Phi) is 4.40. The number of para-hydroxylation sites is 2. The van der Waals surface area contributed by atoms with Crippen molar-refractivity contribution >= 4 is 11.4 Å². The van der Waals surface area contributed by atoms with E-state index in [2.05, 4.69) is 86.3 Å². The summed E-state index contributed by atoms with van der Waals surface area (Å²) in [5.41, 5.74) is 5.13. The third kappa shape index (κ3) is 3.05. The van der Waals surface area contributed by atoms with E-state index in [0.29, 0.717) is 0 Å². The highest BCUT2D eigenvalue weighted by molar-refractivity contribution is 5.68. The first-order valence-corrected chi connectivity index (χ1v) is 6.80. The number of rotatable bonds is 4. The van der Waals surface area contributed by atoms with E-state index in [0.717, 1.165) is 6.42 Å². The fourth-order valence-corrected chi connectivity index (χ4v) is 2.14. The molecule has 0 aliphatic carbocycles. The Morgan fingerprint density at radius 1 is 0.789 bits per heavy atom. The summed E-state index contributed by atoms with van der Waals surface area (Å²) >= 11 is 0. The van der Waals surface area contributed by atoms with Crippen LogP contribution in [0.15, 0.2) is 71.9 Å². The number of hydrogen-bond donors (Lipinski definition) is 0. The molecule has 0 aliphatic heterocycles. The molecule has 2 rings (SSSR count). The average molecular weight is 251 g/mol. The fourth-order valence-electron chi connectivity index (χ4n) is 2.14. The third-order valence-corrected chi connectivity index (χ3v) is 3.51. The number of hydrogen-bond acceptors (Lipinski definition) is 1. The van der Waals surface area contributed by atoms with Crippen molar-refractivity contribution in [2.75, 3.05) is 4.90 Å². The molecule has 98 valence electrons. The van der Waals surface area contributed by atoms with Gasteiger partial charge in [-0.15, -0.1) is 0 Å². The van der Waals surface area contributed by atoms with Gasteiger partial charge >= 0.3 is 0 Å². The molecule has 0 aliphatic rings. The smallest absolute Gasteiger partial charge is 0.0458 e. The maximum atomic E-state index is 2.32. The molecule has 0 atom stereocenters. The van der Waals surface area contributed by atoms with Crippen LogP contribution in [0, 0.1) is 0 Å². The summed E-state index contributed by atoms with van der Waals surface area (Å²) in [6.07, 6.45) is 1.07. The topological polar surface area (TPSA) is 3.24 Å². The normalized spacial score (nSPS) is 11.9. The molecule has 0 heterocycles. The van der Waals surface area contributed by atoms with Gasteiger partial charge in [0.25, 0.3) is 0 Å². The van der Waals surface area contributed by atoms with Crippen molar-refractivity contribution in [1.29, 1.82) is 0 Å². The van der Waals surface area contributed by atoms with Gasteiger partial charge in [-0.1, -0.05) is 48.9 Å². The first kappa shape index (κ1) is 13.4. The molecule has 0 N–H and O–H groups in total. The maximum absolute atomic E-state index is 2.32. The van der Waals surface area contributed by atoms with Gasteiger partial charge in [0, 0.05) is 17.1 Å². The second-order valence-electron chi connectivity index (χ2n) is 4.73. The van der Waals surface area contributed by atoms with Crippen molar-refractivity contribution in [3.05, 3.63) is 71.9 Å². The van der Waals surface area contributed by atoms with E-state index in [-0.39, 0.29) is 0 Å². The minimum atomic E-state index is 1.07. The van der Waals surface area contributed by atoms with Gasteiger partial charge in [0.2, 0.25) is 0 Å². The van der Waals surface area contributed by atoms with Crippen LogP contribution in [-0.2, 0) is 0 Å². The Morgan fingerprint density at radius 3 is 1.58 bits per heavy atom. The van der Waals surface area contributed by atoms with E-state index >= 15 is 0 Å². The predicted molar refractivity (Wildman–Crippen MR) is 83.7 cm³/mol. The zero-order valence-corrected chi connectivity index (χ0v) is 11.9. The van der Waals surface area contributed by atoms with Crippen LogP contribution in [0.2, 0.25) is 0 Å². The summed E-state index contributed by atoms with van der Waals surface area (Å²) in [7, 11) is 0. The maximum Gasteiger partial charge on any atom is 0.0458 e. The van der Waals surface area contributed by atoms with Crippen LogP contribution in [-0.4, -0.2) is 0 Å². The van der Waals surface area contributed by atoms with Crippen LogP contribution in [0.1, 0.15) is 27.2 Å². The van der Waals surface area contributed by atoms with Crippen molar-refractivity contribution in [3.8, 4) is 0 Å². The minimum Gasteiger partial charge on any atom is -0.315 e. The molecule has 0 amide bonds. The lowest BCUT2D eigenvalue weighted by atomic mass is 10.1. The van der Waals surface area contributed by atoms with Crippen LogP contribution in [0.5, 0.6) is 0 Å². The molecule has 2 aromatic rings. The van der Waals surface area contributed by atoms with Crippen molar-refractivity contribution in [2.24, 2.45) is 0 Å². The first-order valence-electron chi connectivity index (χ1n) is 6.80. The second kappa shape index (κ2) is 6.24. The zero-order valence-electron chi connectivity index (χ0n) is 11.9. The number of benzene rings is 2. The van der Waals surface area contributed by atoms with Crippen LogP contribution in [0.25, 0.3) is 0 Å². The summed E-state index contributed by atoms with van der Waals surface area (Å²) in [6, 6.07) is 21.0. The first-order chi connectivity index (χ1) is 9.24. The van der Waals surface area contributed by atoms with Gasteiger partial charge in [-0.05, 0) is 44.5 Å². The molecule has 0 spiro atoms. The van der Waals surface area contributed by atoms with Crippen LogP contribution < -0.4 is 4.90 Å². The summed E-state index contributed by atoms with van der Waals surface area (Å²) in [4.78, 5) is 2.32. The molecular formula is C18H21N. The van der Waals surface area contributed by atoms with Crippen molar-refractivity contribution in [1.82, 2.24) is 0 Å². The van der Waals surface area contributed by atoms with E-state index < -0.39 is 0 Å². The Balaban J connectivity index is 2.52. The molecule has 0 fully saturated rings. The predicted octanol–water partition coefficient (Wildman–Crippen LogP) is 5.53. The summed E-state index contributed by atoms with van der Waals surface area (Å²) in [5.74, 6) is 0. The monoisotopic (exact) mass is 251 g/mol. The van der Waals surface area contributed by atoms with Crippen molar-refractivity contribution in [3.63, 3.8) is 0 Å². The van der Waals surface area contributed by atoms with E-state index in [9.17, 15) is 0 Å². The molecule has 0 bridgehead atoms. The van der Waals surface area contributed by atoms with Gasteiger partial charge < -0.3 is 4.90 Å². The van der Waals surface area contributed by atoms with Gasteiger partial charge in [-0.3, -0.25) is 0 Å². The van der Waals surface area contributed by atoms with Gasteiger partial charge in [-0.2, -0.15) is 0 Å². The minimum absolute atomic E-state index is 1.07. The van der Waals surface area contributed by atoms with E-state index in [1.807, 2.05) is 0 Å². The van der Waals surface area contributed by atoms with Gasteiger partial charge in [0.15, 0.2) is 0 Å². The average Bonchev–Trinajstić information content (AvgIpc) is 2.49. The second-order valence-corrected chi connectivity index (χ2v) is 4.73. The largest absolute Gasteiger partial charge is 0.315 e. The Morgan fingerprint density at radius 2 is 1.21 bits per heavy atom. The van der Waals surface area contributed by atoms with Crippen molar-refractivity contribution < 1.29 is 0 Å². The Hall–Kier alpha value is -2.02. The molecule has 0 aromatic heterocycles. The number of anilines is 2. The summed E-state index contributed by atoms with van der Waals surface area (Å²) in [6.45, 7) is 6.60. The van der Waals surface area contributed by atoms with E-state index in [1.165, 1.54) is 22.6 Å². The molecule has 2 aromatic carbocycles. The highest BCUT2D eigenvalue weighted by atomic mass is 15.1. The van der Waals surface area contributed by atoms with Crippen LogP contribution in [0.4, 0.5) is 11.4 Å². The van der Waals surface area contributed by atoms with Crippen LogP contribution in [0.3, 0.4) is 0 Å². The molecule has 0 radical (unpaired) electrons. The Bertz CT molecular complexity index is 501. The lowest BCUT2D eigenvalue weighted by Crippen LogP contribution is -2.15. The summed E-state index contributed by atoms with van der Waals surface area (Å²) in [5, 5.41) is 0. The molecule has 19 heavy (non-hydrogen) atoms. The summed E-state index contributed by atoms with van der Waals surface area (Å²) < 4.78 is 0. The highest BCUT2D eigenvalue weighted by Gasteiger charge is 2.12. The third-order valence-electron chi connectivity index (χ3n) is 3.51. The Labute approximate surface area is 116 Å². The molecule has 1 heteroatoms. The zero-order chi connectivity index (χ0) is 13.7. The lowest BCUT2D eigenvalue weighted by Gasteiger charge is -2.27. The molecule has 1 nitrogen and oxygen atoms in total. The van der Waals surface area contributed by atoms with E-state index in [4.69, 9.17) is 0 Å². The van der Waals surface area contributed by atoms with Crippen LogP contribution >= 0.6 is 0 Å². The quantitative estimate of drug-likeness (QED) is 0.690. The van der Waals surface area contributed by atoms with E-state index in [1.54, 1.807) is 0 Å². The molecular weight excluding hydrogens is 230 g/mol. The standard InChI is InChI=1S/C18H21N/c1-4-15(2)16(3)19(17-11-7-5-8-12-17)18-13-9-6-10-14-18/h5-14H,4H2,1-3H3. The van der Waals surface area contributed by atoms with Gasteiger partial charge in [-0.25, -0.2) is 0 Å². The SMILES string of the molecule is CCC(C)=C(C)N(c1ccccc1)c1ccccc1. The lowest BCUT2D eigenvalue weighted by molar-refractivity contribution is 1.01. The fraction of sp³-hybridized carbons (Fsp3) is 0.222.